The molecule has 3 heterocycles. The zero-order valence-corrected chi connectivity index (χ0v) is 30.8. The molecule has 3 aromatic heterocycles. The van der Waals surface area contributed by atoms with Gasteiger partial charge in [0.05, 0.1) is 23.8 Å². The summed E-state index contributed by atoms with van der Waals surface area (Å²) in [5, 5.41) is 0. The second-order valence-electron chi connectivity index (χ2n) is 13.2. The van der Waals surface area contributed by atoms with Gasteiger partial charge in [-0.05, 0) is 118 Å². The average Bonchev–Trinajstić information content (AvgIpc) is 3.77. The van der Waals surface area contributed by atoms with Gasteiger partial charge in [0, 0.05) is 44.9 Å². The van der Waals surface area contributed by atoms with Gasteiger partial charge in [-0.15, -0.1) is 11.3 Å². The fourth-order valence-electron chi connectivity index (χ4n) is 6.97. The molecule has 0 aliphatic rings. The van der Waals surface area contributed by atoms with Gasteiger partial charge >= 0.3 is 0 Å². The first-order valence-corrected chi connectivity index (χ1v) is 19.1. The molecule has 0 radical (unpaired) electrons. The highest BCUT2D eigenvalue weighted by atomic mass is 32.1. The number of hydrogen-bond acceptors (Lipinski definition) is 5. The van der Waals surface area contributed by atoms with Crippen LogP contribution in [-0.4, -0.2) is 9.97 Å². The lowest BCUT2D eigenvalue weighted by Gasteiger charge is -2.25. The Morgan fingerprint density at radius 3 is 1.09 bits per heavy atom. The first-order valence-electron chi connectivity index (χ1n) is 18.3. The second kappa shape index (κ2) is 15.5. The van der Waals surface area contributed by atoms with Crippen molar-refractivity contribution in [3.05, 3.63) is 219 Å². The summed E-state index contributed by atoms with van der Waals surface area (Å²) in [6, 6.07) is 68.6. The Hall–Kier alpha value is -7.08. The molecule has 0 atom stereocenters. The molecule has 0 aliphatic heterocycles. The summed E-state index contributed by atoms with van der Waals surface area (Å²) in [7, 11) is 0. The highest BCUT2D eigenvalue weighted by molar-refractivity contribution is 7.18. The molecule has 9 rings (SSSR count). The lowest BCUT2D eigenvalue weighted by molar-refractivity contribution is 1.23. The van der Waals surface area contributed by atoms with Crippen molar-refractivity contribution in [1.29, 1.82) is 0 Å². The SMILES string of the molecule is c1ccc(-c2cccc(N(c3ccc(-c4ccc(-c5ccc(N(c6cccnc6)c6cccc(-c7ccccc7)c6)cc5)s4)cc3)c3cccnc3)c2)cc1. The summed E-state index contributed by atoms with van der Waals surface area (Å²) < 4.78 is 0. The third kappa shape index (κ3) is 7.30. The fourth-order valence-corrected chi connectivity index (χ4v) is 7.99. The number of hydrogen-bond donors (Lipinski definition) is 0. The number of thiophene rings is 1. The Balaban J connectivity index is 0.988. The van der Waals surface area contributed by atoms with Crippen molar-refractivity contribution in [3.8, 4) is 43.1 Å². The molecule has 0 saturated carbocycles. The van der Waals surface area contributed by atoms with Gasteiger partial charge in [0.1, 0.15) is 0 Å². The van der Waals surface area contributed by atoms with E-state index in [1.807, 2.05) is 36.9 Å². The minimum atomic E-state index is 1.01. The molecule has 55 heavy (non-hydrogen) atoms. The molecule has 5 heteroatoms. The monoisotopic (exact) mass is 724 g/mol. The largest absolute Gasteiger partial charge is 0.309 e. The second-order valence-corrected chi connectivity index (χ2v) is 14.3. The van der Waals surface area contributed by atoms with E-state index < -0.39 is 0 Å². The number of anilines is 6. The quantitative estimate of drug-likeness (QED) is 0.141. The third-order valence-corrected chi connectivity index (χ3v) is 10.8. The van der Waals surface area contributed by atoms with Crippen LogP contribution in [0.5, 0.6) is 0 Å². The lowest BCUT2D eigenvalue weighted by atomic mass is 10.0. The molecule has 0 unspecified atom stereocenters. The van der Waals surface area contributed by atoms with Crippen LogP contribution in [0.25, 0.3) is 43.1 Å². The molecule has 0 N–H and O–H groups in total. The minimum absolute atomic E-state index is 1.01. The van der Waals surface area contributed by atoms with Crippen molar-refractivity contribution in [1.82, 2.24) is 9.97 Å². The molecule has 0 fully saturated rings. The molecule has 4 nitrogen and oxygen atoms in total. The van der Waals surface area contributed by atoms with Gasteiger partial charge in [-0.2, -0.15) is 0 Å². The zero-order chi connectivity index (χ0) is 36.8. The summed E-state index contributed by atoms with van der Waals surface area (Å²) in [6.07, 6.45) is 7.46. The number of benzene rings is 6. The normalized spacial score (nSPS) is 10.9. The van der Waals surface area contributed by atoms with Crippen LogP contribution in [0.2, 0.25) is 0 Å². The standard InChI is InChI=1S/C50H36N4S/c1-3-11-37(12-4-1)41-15-7-17-45(33-41)53(47-19-9-31-51-35-47)43-25-21-39(22-26-43)49-29-30-50(55-49)40-23-27-44(28-24-40)54(48-20-10-32-52-36-48)46-18-8-16-42(34-46)38-13-5-2-6-14-38/h1-36H. The minimum Gasteiger partial charge on any atom is -0.309 e. The Kier molecular flexibility index (Phi) is 9.50. The Labute approximate surface area is 325 Å². The molecular formula is C50H36N4S. The summed E-state index contributed by atoms with van der Waals surface area (Å²) in [6.45, 7) is 0. The van der Waals surface area contributed by atoms with Gasteiger partial charge < -0.3 is 9.80 Å². The smallest absolute Gasteiger partial charge is 0.0644 e. The van der Waals surface area contributed by atoms with Gasteiger partial charge in [0.15, 0.2) is 0 Å². The van der Waals surface area contributed by atoms with E-state index in [-0.39, 0.29) is 0 Å². The van der Waals surface area contributed by atoms with Crippen LogP contribution in [0.3, 0.4) is 0 Å². The van der Waals surface area contributed by atoms with Crippen LogP contribution in [0.4, 0.5) is 34.1 Å². The van der Waals surface area contributed by atoms with E-state index in [1.54, 1.807) is 11.3 Å². The van der Waals surface area contributed by atoms with Crippen molar-refractivity contribution < 1.29 is 0 Å². The van der Waals surface area contributed by atoms with Crippen LogP contribution >= 0.6 is 11.3 Å². The average molecular weight is 725 g/mol. The zero-order valence-electron chi connectivity index (χ0n) is 30.0. The first kappa shape index (κ1) is 33.7. The van der Waals surface area contributed by atoms with E-state index in [2.05, 4.69) is 202 Å². The molecule has 6 aromatic carbocycles. The molecule has 0 bridgehead atoms. The van der Waals surface area contributed by atoms with Crippen molar-refractivity contribution in [2.75, 3.05) is 9.80 Å². The number of rotatable bonds is 10. The maximum Gasteiger partial charge on any atom is 0.0644 e. The van der Waals surface area contributed by atoms with Crippen LogP contribution < -0.4 is 9.80 Å². The van der Waals surface area contributed by atoms with Gasteiger partial charge in [0.2, 0.25) is 0 Å². The molecule has 0 amide bonds. The van der Waals surface area contributed by atoms with E-state index >= 15 is 0 Å². The topological polar surface area (TPSA) is 32.3 Å². The molecule has 9 aromatic rings. The molecular weight excluding hydrogens is 689 g/mol. The predicted octanol–water partition coefficient (Wildman–Crippen LogP) is 14.1. The van der Waals surface area contributed by atoms with E-state index in [4.69, 9.17) is 0 Å². The van der Waals surface area contributed by atoms with Crippen LogP contribution in [-0.2, 0) is 0 Å². The van der Waals surface area contributed by atoms with E-state index in [0.717, 1.165) is 34.1 Å². The van der Waals surface area contributed by atoms with Crippen LogP contribution in [0.15, 0.2) is 219 Å². The number of pyridine rings is 2. The van der Waals surface area contributed by atoms with Crippen LogP contribution in [0, 0.1) is 0 Å². The van der Waals surface area contributed by atoms with Gasteiger partial charge in [-0.3, -0.25) is 9.97 Å². The van der Waals surface area contributed by atoms with Crippen LogP contribution in [0.1, 0.15) is 0 Å². The van der Waals surface area contributed by atoms with Gasteiger partial charge in [0.25, 0.3) is 0 Å². The maximum atomic E-state index is 4.45. The summed E-state index contributed by atoms with van der Waals surface area (Å²) in [4.78, 5) is 15.9. The third-order valence-electron chi connectivity index (χ3n) is 9.66. The molecule has 0 saturated heterocycles. The van der Waals surface area contributed by atoms with E-state index in [0.29, 0.717) is 0 Å². The summed E-state index contributed by atoms with van der Waals surface area (Å²) >= 11 is 1.81. The number of aromatic nitrogens is 2. The predicted molar refractivity (Wildman–Crippen MR) is 231 cm³/mol. The fraction of sp³-hybridized carbons (Fsp3) is 0. The number of nitrogens with zero attached hydrogens (tertiary/aromatic N) is 4. The molecule has 0 spiro atoms. The van der Waals surface area contributed by atoms with Crippen molar-refractivity contribution in [2.24, 2.45) is 0 Å². The summed E-state index contributed by atoms with van der Waals surface area (Å²) in [5.41, 5.74) is 13.4. The van der Waals surface area contributed by atoms with Gasteiger partial charge in [-0.25, -0.2) is 0 Å². The highest BCUT2D eigenvalue weighted by Gasteiger charge is 2.16. The highest BCUT2D eigenvalue weighted by Crippen LogP contribution is 2.41. The van der Waals surface area contributed by atoms with Gasteiger partial charge in [-0.1, -0.05) is 109 Å². The summed E-state index contributed by atoms with van der Waals surface area (Å²) in [5.74, 6) is 0. The Bertz CT molecular complexity index is 2440. The lowest BCUT2D eigenvalue weighted by Crippen LogP contribution is -2.10. The molecule has 0 aliphatic carbocycles. The van der Waals surface area contributed by atoms with E-state index in [9.17, 15) is 0 Å². The Morgan fingerprint density at radius 2 is 0.691 bits per heavy atom. The Morgan fingerprint density at radius 1 is 0.291 bits per heavy atom. The van der Waals surface area contributed by atoms with Crippen molar-refractivity contribution in [2.45, 2.75) is 0 Å². The van der Waals surface area contributed by atoms with E-state index in [1.165, 1.54) is 43.1 Å². The van der Waals surface area contributed by atoms with Crippen molar-refractivity contribution >= 4 is 45.5 Å². The van der Waals surface area contributed by atoms with Crippen molar-refractivity contribution in [3.63, 3.8) is 0 Å². The maximum absolute atomic E-state index is 4.45. The first-order chi connectivity index (χ1) is 27.3. The molecule has 262 valence electrons.